The van der Waals surface area contributed by atoms with Gasteiger partial charge in [0.2, 0.25) is 0 Å². The molecule has 1 aromatic heterocycles. The van der Waals surface area contributed by atoms with E-state index >= 15 is 0 Å². The highest BCUT2D eigenvalue weighted by molar-refractivity contribution is 6.08. The Morgan fingerprint density at radius 3 is 2.45 bits per heavy atom. The van der Waals surface area contributed by atoms with Gasteiger partial charge in [0.15, 0.2) is 5.69 Å². The summed E-state index contributed by atoms with van der Waals surface area (Å²) >= 11 is 0. The van der Waals surface area contributed by atoms with Gasteiger partial charge in [-0.1, -0.05) is 6.07 Å². The molecular formula is C16H19N3O3. The molecule has 116 valence electrons. The number of nitrogens with one attached hydrogen (secondary N) is 1. The van der Waals surface area contributed by atoms with Gasteiger partial charge >= 0.3 is 5.97 Å². The van der Waals surface area contributed by atoms with Crippen LogP contribution in [-0.2, 0) is 11.8 Å². The molecule has 0 saturated heterocycles. The third-order valence-corrected chi connectivity index (χ3v) is 3.72. The standard InChI is InChI=1S/C16H19N3O3/c1-9-6-7-12(8-10(9)2)15(20)17-13-11(3)19(4)18-14(13)16(21)22-5/h6-8H,1-5H3,(H,17,20). The van der Waals surface area contributed by atoms with Crippen LogP contribution in [0.4, 0.5) is 5.69 Å². The zero-order valence-electron chi connectivity index (χ0n) is 13.4. The first-order valence-electron chi connectivity index (χ1n) is 6.85. The minimum atomic E-state index is -0.584. The van der Waals surface area contributed by atoms with E-state index in [2.05, 4.69) is 10.4 Å². The second-order valence-electron chi connectivity index (χ2n) is 5.18. The van der Waals surface area contributed by atoms with E-state index in [4.69, 9.17) is 4.74 Å². The minimum absolute atomic E-state index is 0.0969. The lowest BCUT2D eigenvalue weighted by Gasteiger charge is -2.08. The number of rotatable bonds is 3. The number of nitrogens with zero attached hydrogens (tertiary/aromatic N) is 2. The summed E-state index contributed by atoms with van der Waals surface area (Å²) in [6.45, 7) is 5.70. The van der Waals surface area contributed by atoms with Crippen molar-refractivity contribution >= 4 is 17.6 Å². The third-order valence-electron chi connectivity index (χ3n) is 3.72. The first kappa shape index (κ1) is 15.8. The lowest BCUT2D eigenvalue weighted by Crippen LogP contribution is -2.15. The molecular weight excluding hydrogens is 282 g/mol. The van der Waals surface area contributed by atoms with Crippen molar-refractivity contribution in [1.82, 2.24) is 9.78 Å². The Bertz CT molecular complexity index is 747. The Kier molecular flexibility index (Phi) is 4.30. The van der Waals surface area contributed by atoms with Gasteiger partial charge in [-0.25, -0.2) is 4.79 Å². The van der Waals surface area contributed by atoms with Crippen LogP contribution in [0.2, 0.25) is 0 Å². The molecule has 1 N–H and O–H groups in total. The molecule has 0 aliphatic heterocycles. The second kappa shape index (κ2) is 6.01. The highest BCUT2D eigenvalue weighted by Crippen LogP contribution is 2.21. The topological polar surface area (TPSA) is 73.2 Å². The van der Waals surface area contributed by atoms with Crippen molar-refractivity contribution in [3.63, 3.8) is 0 Å². The van der Waals surface area contributed by atoms with E-state index < -0.39 is 5.97 Å². The number of benzene rings is 1. The molecule has 2 aromatic rings. The van der Waals surface area contributed by atoms with Crippen molar-refractivity contribution in [2.75, 3.05) is 12.4 Å². The Hall–Kier alpha value is -2.63. The van der Waals surface area contributed by atoms with Crippen molar-refractivity contribution in [3.05, 3.63) is 46.3 Å². The summed E-state index contributed by atoms with van der Waals surface area (Å²) in [7, 11) is 2.98. The van der Waals surface area contributed by atoms with Gasteiger partial charge in [0.05, 0.1) is 18.5 Å². The summed E-state index contributed by atoms with van der Waals surface area (Å²) in [6, 6.07) is 5.46. The van der Waals surface area contributed by atoms with Gasteiger partial charge in [-0.05, 0) is 44.0 Å². The number of amides is 1. The van der Waals surface area contributed by atoms with E-state index in [1.165, 1.54) is 11.8 Å². The number of ether oxygens (including phenoxy) is 1. The van der Waals surface area contributed by atoms with Crippen LogP contribution in [0, 0.1) is 20.8 Å². The van der Waals surface area contributed by atoms with Crippen LogP contribution >= 0.6 is 0 Å². The van der Waals surface area contributed by atoms with Gasteiger partial charge in [0.25, 0.3) is 5.91 Å². The molecule has 0 atom stereocenters. The van der Waals surface area contributed by atoms with Crippen molar-refractivity contribution < 1.29 is 14.3 Å². The summed E-state index contributed by atoms with van der Waals surface area (Å²) in [5.41, 5.74) is 3.82. The van der Waals surface area contributed by atoms with E-state index in [0.29, 0.717) is 16.9 Å². The molecule has 6 heteroatoms. The monoisotopic (exact) mass is 301 g/mol. The van der Waals surface area contributed by atoms with Crippen molar-refractivity contribution in [1.29, 1.82) is 0 Å². The fourth-order valence-corrected chi connectivity index (χ4v) is 2.07. The van der Waals surface area contributed by atoms with Crippen LogP contribution < -0.4 is 5.32 Å². The Balaban J connectivity index is 2.35. The Morgan fingerprint density at radius 1 is 1.18 bits per heavy atom. The number of anilines is 1. The van der Waals surface area contributed by atoms with Gasteiger partial charge in [-0.2, -0.15) is 5.10 Å². The van der Waals surface area contributed by atoms with Gasteiger partial charge in [-0.3, -0.25) is 9.48 Å². The molecule has 0 aliphatic carbocycles. The minimum Gasteiger partial charge on any atom is -0.464 e. The average Bonchev–Trinajstić information content (AvgIpc) is 2.77. The summed E-state index contributed by atoms with van der Waals surface area (Å²) in [6.07, 6.45) is 0. The van der Waals surface area contributed by atoms with E-state index in [1.54, 1.807) is 20.0 Å². The predicted octanol–water partition coefficient (Wildman–Crippen LogP) is 2.38. The largest absolute Gasteiger partial charge is 0.464 e. The SMILES string of the molecule is COC(=O)c1nn(C)c(C)c1NC(=O)c1ccc(C)c(C)c1. The highest BCUT2D eigenvalue weighted by atomic mass is 16.5. The maximum Gasteiger partial charge on any atom is 0.360 e. The zero-order valence-corrected chi connectivity index (χ0v) is 13.4. The quantitative estimate of drug-likeness (QED) is 0.883. The van der Waals surface area contributed by atoms with Crippen molar-refractivity contribution in [2.24, 2.45) is 7.05 Å². The number of carbonyl (C=O) groups is 2. The summed E-state index contributed by atoms with van der Waals surface area (Å²) < 4.78 is 6.23. The highest BCUT2D eigenvalue weighted by Gasteiger charge is 2.22. The van der Waals surface area contributed by atoms with Crippen LogP contribution in [0.3, 0.4) is 0 Å². The molecule has 0 unspecified atom stereocenters. The molecule has 0 aliphatic rings. The van der Waals surface area contributed by atoms with E-state index in [1.807, 2.05) is 26.0 Å². The lowest BCUT2D eigenvalue weighted by molar-refractivity contribution is 0.0594. The second-order valence-corrected chi connectivity index (χ2v) is 5.18. The Morgan fingerprint density at radius 2 is 1.86 bits per heavy atom. The smallest absolute Gasteiger partial charge is 0.360 e. The fourth-order valence-electron chi connectivity index (χ4n) is 2.07. The van der Waals surface area contributed by atoms with Crippen LogP contribution in [0.15, 0.2) is 18.2 Å². The number of hydrogen-bond donors (Lipinski definition) is 1. The third kappa shape index (κ3) is 2.86. The fraction of sp³-hybridized carbons (Fsp3) is 0.312. The van der Waals surface area contributed by atoms with E-state index in [9.17, 15) is 9.59 Å². The number of carbonyl (C=O) groups excluding carboxylic acids is 2. The molecule has 1 amide bonds. The maximum absolute atomic E-state index is 12.4. The molecule has 22 heavy (non-hydrogen) atoms. The van der Waals surface area contributed by atoms with Crippen molar-refractivity contribution in [2.45, 2.75) is 20.8 Å². The van der Waals surface area contributed by atoms with Crippen LogP contribution in [0.1, 0.15) is 37.7 Å². The number of methoxy groups -OCH3 is 1. The van der Waals surface area contributed by atoms with Crippen LogP contribution in [0.25, 0.3) is 0 Å². The molecule has 0 radical (unpaired) electrons. The number of aromatic nitrogens is 2. The van der Waals surface area contributed by atoms with Gasteiger partial charge in [-0.15, -0.1) is 0 Å². The number of esters is 1. The number of hydrogen-bond acceptors (Lipinski definition) is 4. The molecule has 1 aromatic carbocycles. The molecule has 0 fully saturated rings. The summed E-state index contributed by atoms with van der Waals surface area (Å²) in [5, 5.41) is 6.84. The molecule has 0 bridgehead atoms. The van der Waals surface area contributed by atoms with E-state index in [-0.39, 0.29) is 11.6 Å². The molecule has 0 saturated carbocycles. The van der Waals surface area contributed by atoms with E-state index in [0.717, 1.165) is 11.1 Å². The summed E-state index contributed by atoms with van der Waals surface area (Å²) in [4.78, 5) is 24.2. The zero-order chi connectivity index (χ0) is 16.4. The average molecular weight is 301 g/mol. The molecule has 2 rings (SSSR count). The maximum atomic E-state index is 12.4. The molecule has 1 heterocycles. The molecule has 6 nitrogen and oxygen atoms in total. The first-order valence-corrected chi connectivity index (χ1v) is 6.85. The van der Waals surface area contributed by atoms with Gasteiger partial charge in [0, 0.05) is 12.6 Å². The number of aryl methyl sites for hydroxylation is 3. The van der Waals surface area contributed by atoms with Gasteiger partial charge < -0.3 is 10.1 Å². The summed E-state index contributed by atoms with van der Waals surface area (Å²) in [5.74, 6) is -0.872. The van der Waals surface area contributed by atoms with Crippen molar-refractivity contribution in [3.8, 4) is 0 Å². The first-order chi connectivity index (χ1) is 10.3. The van der Waals surface area contributed by atoms with Gasteiger partial charge in [0.1, 0.15) is 0 Å². The Labute approximate surface area is 129 Å². The van der Waals surface area contributed by atoms with Crippen LogP contribution in [-0.4, -0.2) is 28.8 Å². The lowest BCUT2D eigenvalue weighted by atomic mass is 10.1. The normalized spacial score (nSPS) is 10.4. The predicted molar refractivity (Wildman–Crippen MR) is 83.2 cm³/mol. The molecule has 0 spiro atoms. The van der Waals surface area contributed by atoms with Crippen LogP contribution in [0.5, 0.6) is 0 Å².